The summed E-state index contributed by atoms with van der Waals surface area (Å²) in [7, 11) is 3.92. The number of aromatic nitrogens is 3. The van der Waals surface area contributed by atoms with Gasteiger partial charge in [0, 0.05) is 50.0 Å². The molecule has 2 aromatic heterocycles. The van der Waals surface area contributed by atoms with Gasteiger partial charge in [-0.05, 0) is 66.1 Å². The second-order valence-electron chi connectivity index (χ2n) is 8.89. The molecule has 174 valence electrons. The van der Waals surface area contributed by atoms with Crippen LogP contribution in [0.15, 0.2) is 54.7 Å². The van der Waals surface area contributed by atoms with Gasteiger partial charge in [-0.25, -0.2) is 0 Å². The van der Waals surface area contributed by atoms with Gasteiger partial charge in [-0.15, -0.1) is 0 Å². The molecule has 34 heavy (non-hydrogen) atoms. The summed E-state index contributed by atoms with van der Waals surface area (Å²) in [5.41, 5.74) is 6.44. The Morgan fingerprint density at radius 2 is 1.82 bits per heavy atom. The summed E-state index contributed by atoms with van der Waals surface area (Å²) in [6.07, 6.45) is 10.2. The van der Waals surface area contributed by atoms with Gasteiger partial charge in [0.2, 0.25) is 0 Å². The lowest BCUT2D eigenvalue weighted by atomic mass is 10.1. The number of fused-ring (bicyclic) bond motifs is 1. The smallest absolute Gasteiger partial charge is 0.126 e. The van der Waals surface area contributed by atoms with E-state index < -0.39 is 0 Å². The number of ether oxygens (including phenoxy) is 1. The summed E-state index contributed by atoms with van der Waals surface area (Å²) >= 11 is 0. The van der Waals surface area contributed by atoms with Crippen molar-refractivity contribution in [2.24, 2.45) is 0 Å². The predicted molar refractivity (Wildman–Crippen MR) is 141 cm³/mol. The van der Waals surface area contributed by atoms with Crippen molar-refractivity contribution in [3.8, 4) is 5.75 Å². The highest BCUT2D eigenvalue weighted by molar-refractivity contribution is 5.83. The second-order valence-corrected chi connectivity index (χ2v) is 8.89. The van der Waals surface area contributed by atoms with E-state index in [0.29, 0.717) is 0 Å². The molecule has 1 aliphatic heterocycles. The molecule has 0 aliphatic carbocycles. The van der Waals surface area contributed by atoms with E-state index in [1.165, 1.54) is 10.9 Å². The van der Waals surface area contributed by atoms with Crippen molar-refractivity contribution < 1.29 is 4.74 Å². The van der Waals surface area contributed by atoms with Crippen LogP contribution in [0.25, 0.3) is 35.2 Å². The fourth-order valence-corrected chi connectivity index (χ4v) is 4.31. The number of aromatic amines is 2. The van der Waals surface area contributed by atoms with Crippen LogP contribution in [0.1, 0.15) is 28.1 Å². The SMILES string of the molecule is COc1cc(CN2CCN(C)CC2)ccc1/C=C/c1cc(/C=C/c2ccc3cc[nH]c3c2)n[nH]1. The summed E-state index contributed by atoms with van der Waals surface area (Å²) in [6.45, 7) is 5.43. The van der Waals surface area contributed by atoms with Gasteiger partial charge >= 0.3 is 0 Å². The Morgan fingerprint density at radius 1 is 0.941 bits per heavy atom. The van der Waals surface area contributed by atoms with E-state index in [1.54, 1.807) is 7.11 Å². The maximum Gasteiger partial charge on any atom is 0.126 e. The van der Waals surface area contributed by atoms with E-state index in [9.17, 15) is 0 Å². The zero-order valence-electron chi connectivity index (χ0n) is 19.8. The normalized spacial score (nSPS) is 15.7. The Hall–Kier alpha value is -3.61. The van der Waals surface area contributed by atoms with Crippen LogP contribution in [-0.2, 0) is 6.54 Å². The quantitative estimate of drug-likeness (QED) is 0.414. The molecule has 2 aromatic carbocycles. The number of nitrogens with one attached hydrogen (secondary N) is 2. The molecule has 1 saturated heterocycles. The third kappa shape index (κ3) is 5.30. The number of nitrogens with zero attached hydrogens (tertiary/aromatic N) is 3. The number of methoxy groups -OCH3 is 1. The highest BCUT2D eigenvalue weighted by Crippen LogP contribution is 2.24. The Labute approximate surface area is 200 Å². The number of hydrogen-bond donors (Lipinski definition) is 2. The lowest BCUT2D eigenvalue weighted by Gasteiger charge is -2.32. The molecular formula is C28H31N5O. The Morgan fingerprint density at radius 3 is 2.68 bits per heavy atom. The van der Waals surface area contributed by atoms with Gasteiger partial charge in [0.25, 0.3) is 0 Å². The zero-order chi connectivity index (χ0) is 23.3. The van der Waals surface area contributed by atoms with Crippen LogP contribution in [0.2, 0.25) is 0 Å². The standard InChI is InChI=1S/C28H31N5O/c1-32-13-15-33(16-14-32)20-22-4-7-24(28(18-22)34-2)8-10-26-19-25(30-31-26)9-5-21-3-6-23-11-12-29-27(23)17-21/h3-12,17-19,29H,13-16,20H2,1-2H3,(H,30,31)/b9-5+,10-8+. The summed E-state index contributed by atoms with van der Waals surface area (Å²) in [5, 5.41) is 8.73. The molecule has 0 bridgehead atoms. The molecule has 5 rings (SSSR count). The number of benzene rings is 2. The van der Waals surface area contributed by atoms with Gasteiger partial charge in [-0.2, -0.15) is 5.10 Å². The number of H-pyrrole nitrogens is 2. The topological polar surface area (TPSA) is 60.2 Å². The van der Waals surface area contributed by atoms with Crippen molar-refractivity contribution in [2.75, 3.05) is 40.3 Å². The molecule has 0 saturated carbocycles. The van der Waals surface area contributed by atoms with Crippen LogP contribution < -0.4 is 4.74 Å². The molecule has 1 fully saturated rings. The van der Waals surface area contributed by atoms with Crippen LogP contribution >= 0.6 is 0 Å². The maximum atomic E-state index is 5.68. The number of hydrogen-bond acceptors (Lipinski definition) is 4. The van der Waals surface area contributed by atoms with Crippen LogP contribution in [-0.4, -0.2) is 65.3 Å². The second kappa shape index (κ2) is 10.1. The molecule has 0 amide bonds. The Kier molecular flexibility index (Phi) is 6.60. The molecule has 1 aliphatic rings. The zero-order valence-corrected chi connectivity index (χ0v) is 19.8. The minimum absolute atomic E-state index is 0.890. The molecule has 0 unspecified atom stereocenters. The van der Waals surface area contributed by atoms with E-state index in [-0.39, 0.29) is 0 Å². The molecule has 0 spiro atoms. The third-order valence-electron chi connectivity index (χ3n) is 6.39. The monoisotopic (exact) mass is 453 g/mol. The van der Waals surface area contributed by atoms with Gasteiger partial charge in [0.15, 0.2) is 0 Å². The van der Waals surface area contributed by atoms with Crippen LogP contribution in [0.3, 0.4) is 0 Å². The van der Waals surface area contributed by atoms with E-state index in [1.807, 2.05) is 24.4 Å². The maximum absolute atomic E-state index is 5.68. The largest absolute Gasteiger partial charge is 0.496 e. The summed E-state index contributed by atoms with van der Waals surface area (Å²) < 4.78 is 5.68. The van der Waals surface area contributed by atoms with Crippen LogP contribution in [0.4, 0.5) is 0 Å². The van der Waals surface area contributed by atoms with Crippen LogP contribution in [0.5, 0.6) is 5.75 Å². The Bertz CT molecular complexity index is 1310. The highest BCUT2D eigenvalue weighted by Gasteiger charge is 2.14. The molecule has 2 N–H and O–H groups in total. The van der Waals surface area contributed by atoms with Gasteiger partial charge < -0.3 is 14.6 Å². The molecule has 0 atom stereocenters. The molecule has 6 nitrogen and oxygen atoms in total. The summed E-state index contributed by atoms with van der Waals surface area (Å²) in [5.74, 6) is 0.891. The van der Waals surface area contributed by atoms with Crippen LogP contribution in [0, 0.1) is 0 Å². The Balaban J connectivity index is 1.24. The first kappa shape index (κ1) is 22.2. The molecule has 3 heterocycles. The summed E-state index contributed by atoms with van der Waals surface area (Å²) in [6, 6.07) is 17.0. The predicted octanol–water partition coefficient (Wildman–Crippen LogP) is 4.99. The van der Waals surface area contributed by atoms with Crippen molar-refractivity contribution in [3.05, 3.63) is 82.8 Å². The van der Waals surface area contributed by atoms with Gasteiger partial charge in [-0.1, -0.05) is 30.3 Å². The van der Waals surface area contributed by atoms with Gasteiger partial charge in [0.05, 0.1) is 18.5 Å². The molecule has 0 radical (unpaired) electrons. The molecule has 6 heteroatoms. The van der Waals surface area contributed by atoms with Crippen molar-refractivity contribution in [1.29, 1.82) is 0 Å². The first-order chi connectivity index (χ1) is 16.7. The third-order valence-corrected chi connectivity index (χ3v) is 6.39. The van der Waals surface area contributed by atoms with E-state index >= 15 is 0 Å². The number of rotatable bonds is 7. The average molecular weight is 454 g/mol. The molecule has 4 aromatic rings. The van der Waals surface area contributed by atoms with Crippen molar-refractivity contribution in [2.45, 2.75) is 6.54 Å². The average Bonchev–Trinajstić information content (AvgIpc) is 3.52. The van der Waals surface area contributed by atoms with E-state index in [0.717, 1.165) is 66.5 Å². The first-order valence-corrected chi connectivity index (χ1v) is 11.7. The van der Waals surface area contributed by atoms with E-state index in [2.05, 4.69) is 86.6 Å². The van der Waals surface area contributed by atoms with E-state index in [4.69, 9.17) is 4.74 Å². The fourth-order valence-electron chi connectivity index (χ4n) is 4.31. The summed E-state index contributed by atoms with van der Waals surface area (Å²) in [4.78, 5) is 8.13. The lowest BCUT2D eigenvalue weighted by molar-refractivity contribution is 0.148. The van der Waals surface area contributed by atoms with Gasteiger partial charge in [-0.3, -0.25) is 10.00 Å². The van der Waals surface area contributed by atoms with Crippen molar-refractivity contribution in [1.82, 2.24) is 25.0 Å². The minimum atomic E-state index is 0.890. The first-order valence-electron chi connectivity index (χ1n) is 11.7. The lowest BCUT2D eigenvalue weighted by Crippen LogP contribution is -2.43. The van der Waals surface area contributed by atoms with Crippen molar-refractivity contribution >= 4 is 35.2 Å². The minimum Gasteiger partial charge on any atom is -0.496 e. The number of likely N-dealkylation sites (N-methyl/N-ethyl adjacent to an activating group) is 1. The number of piperazine rings is 1. The highest BCUT2D eigenvalue weighted by atomic mass is 16.5. The van der Waals surface area contributed by atoms with Crippen molar-refractivity contribution in [3.63, 3.8) is 0 Å². The fraction of sp³-hybridized carbons (Fsp3) is 0.250. The molecular weight excluding hydrogens is 422 g/mol. The van der Waals surface area contributed by atoms with Gasteiger partial charge in [0.1, 0.15) is 5.75 Å².